The molecule has 3 rings (SSSR count). The van der Waals surface area contributed by atoms with Gasteiger partial charge in [0, 0.05) is 19.6 Å². The first-order valence-corrected chi connectivity index (χ1v) is 7.74. The smallest absolute Gasteiger partial charge is 0.135 e. The summed E-state index contributed by atoms with van der Waals surface area (Å²) in [6.07, 6.45) is 3.19. The molecular weight excluding hydrogens is 246 g/mol. The molecule has 1 heterocycles. The molecule has 1 aromatic rings. The van der Waals surface area contributed by atoms with Gasteiger partial charge in [-0.15, -0.1) is 0 Å². The maximum atomic E-state index is 10.0. The monoisotopic (exact) mass is 269 g/mol. The Kier molecular flexibility index (Phi) is 3.78. The summed E-state index contributed by atoms with van der Waals surface area (Å²) < 4.78 is 0. The second kappa shape index (κ2) is 5.55. The van der Waals surface area contributed by atoms with E-state index in [9.17, 15) is 5.26 Å². The summed E-state index contributed by atoms with van der Waals surface area (Å²) in [7, 11) is 0. The lowest BCUT2D eigenvalue weighted by atomic mass is 9.72. The first-order valence-electron chi connectivity index (χ1n) is 7.74. The maximum absolute atomic E-state index is 10.0. The molecule has 2 aliphatic rings. The summed E-state index contributed by atoms with van der Waals surface area (Å²) in [6, 6.07) is 11.3. The predicted octanol–water partition coefficient (Wildman–Crippen LogP) is 2.60. The fourth-order valence-electron chi connectivity index (χ4n) is 3.76. The molecule has 0 saturated carbocycles. The second-order valence-corrected chi connectivity index (χ2v) is 6.09. The topological polar surface area (TPSA) is 39.1 Å². The quantitative estimate of drug-likeness (QED) is 0.851. The van der Waals surface area contributed by atoms with Gasteiger partial charge in [-0.25, -0.2) is 0 Å². The molecule has 2 atom stereocenters. The molecule has 106 valence electrons. The van der Waals surface area contributed by atoms with Crippen LogP contribution in [0, 0.1) is 11.3 Å². The third kappa shape index (κ3) is 2.13. The molecule has 1 saturated heterocycles. The van der Waals surface area contributed by atoms with Crippen LogP contribution in [0.4, 0.5) is 0 Å². The van der Waals surface area contributed by atoms with Gasteiger partial charge in [0.1, 0.15) is 5.54 Å². The molecule has 1 N–H and O–H groups in total. The number of nitrogens with zero attached hydrogens (tertiary/aromatic N) is 2. The molecule has 1 fully saturated rings. The molecule has 1 aromatic carbocycles. The first kappa shape index (κ1) is 13.6. The molecule has 2 unspecified atom stereocenters. The Labute approximate surface area is 121 Å². The van der Waals surface area contributed by atoms with E-state index >= 15 is 0 Å². The van der Waals surface area contributed by atoms with Crippen molar-refractivity contribution in [3.63, 3.8) is 0 Å². The number of fused-ring (bicyclic) bond motifs is 1. The van der Waals surface area contributed by atoms with Crippen molar-refractivity contribution in [1.29, 1.82) is 5.26 Å². The Morgan fingerprint density at radius 2 is 2.15 bits per heavy atom. The Morgan fingerprint density at radius 1 is 1.30 bits per heavy atom. The van der Waals surface area contributed by atoms with Gasteiger partial charge in [0.15, 0.2) is 0 Å². The van der Waals surface area contributed by atoms with Crippen LogP contribution in [-0.4, -0.2) is 31.1 Å². The van der Waals surface area contributed by atoms with Crippen molar-refractivity contribution in [2.24, 2.45) is 0 Å². The third-order valence-corrected chi connectivity index (χ3v) is 4.94. The number of nitriles is 1. The minimum atomic E-state index is -0.408. The van der Waals surface area contributed by atoms with Gasteiger partial charge in [-0.1, -0.05) is 31.2 Å². The lowest BCUT2D eigenvalue weighted by Crippen LogP contribution is -2.49. The first-order chi connectivity index (χ1) is 9.78. The molecule has 0 radical (unpaired) electrons. The molecule has 3 heteroatoms. The molecule has 1 aliphatic carbocycles. The van der Waals surface area contributed by atoms with Crippen molar-refractivity contribution in [2.45, 2.75) is 37.6 Å². The molecule has 0 bridgehead atoms. The summed E-state index contributed by atoms with van der Waals surface area (Å²) in [5.41, 5.74) is 2.22. The molecule has 0 spiro atoms. The third-order valence-electron chi connectivity index (χ3n) is 4.94. The van der Waals surface area contributed by atoms with E-state index in [4.69, 9.17) is 0 Å². The summed E-state index contributed by atoms with van der Waals surface area (Å²) >= 11 is 0. The van der Waals surface area contributed by atoms with Crippen LogP contribution in [0.15, 0.2) is 24.3 Å². The Hall–Kier alpha value is -1.37. The lowest BCUT2D eigenvalue weighted by Gasteiger charge is -2.43. The summed E-state index contributed by atoms with van der Waals surface area (Å²) in [5, 5.41) is 13.4. The highest BCUT2D eigenvalue weighted by Gasteiger charge is 2.43. The van der Waals surface area contributed by atoms with Crippen molar-refractivity contribution < 1.29 is 0 Å². The van der Waals surface area contributed by atoms with Crippen LogP contribution < -0.4 is 5.32 Å². The van der Waals surface area contributed by atoms with E-state index in [1.807, 2.05) is 0 Å². The van der Waals surface area contributed by atoms with Gasteiger partial charge in [-0.2, -0.15) is 5.26 Å². The highest BCUT2D eigenvalue weighted by Crippen LogP contribution is 2.44. The standard InChI is InChI=1S/C17H23N3/c1-14-7-8-17(13-18,16-6-3-2-5-15(14)16)20-11-4-9-19-10-12-20/h2-3,5-6,14,19H,4,7-12H2,1H3. The minimum absolute atomic E-state index is 0.408. The van der Waals surface area contributed by atoms with Gasteiger partial charge >= 0.3 is 0 Å². The molecule has 0 amide bonds. The second-order valence-electron chi connectivity index (χ2n) is 6.09. The Morgan fingerprint density at radius 3 is 3.00 bits per heavy atom. The predicted molar refractivity (Wildman–Crippen MR) is 80.4 cm³/mol. The summed E-state index contributed by atoms with van der Waals surface area (Å²) in [6.45, 7) is 6.32. The molecule has 3 nitrogen and oxygen atoms in total. The van der Waals surface area contributed by atoms with Crippen molar-refractivity contribution in [3.05, 3.63) is 35.4 Å². The SMILES string of the molecule is CC1CCC(C#N)(N2CCCNCC2)c2ccccc21. The lowest BCUT2D eigenvalue weighted by molar-refractivity contribution is 0.122. The zero-order valence-corrected chi connectivity index (χ0v) is 12.2. The molecule has 0 aromatic heterocycles. The average Bonchev–Trinajstić information content (AvgIpc) is 2.78. The van der Waals surface area contributed by atoms with Crippen molar-refractivity contribution in [3.8, 4) is 6.07 Å². The van der Waals surface area contributed by atoms with Crippen molar-refractivity contribution in [2.75, 3.05) is 26.2 Å². The number of hydrogen-bond donors (Lipinski definition) is 1. The molecule has 1 aliphatic heterocycles. The van der Waals surface area contributed by atoms with E-state index in [1.54, 1.807) is 0 Å². The summed E-state index contributed by atoms with van der Waals surface area (Å²) in [5.74, 6) is 0.567. The number of hydrogen-bond acceptors (Lipinski definition) is 3. The number of nitrogens with one attached hydrogen (secondary N) is 1. The van der Waals surface area contributed by atoms with Crippen LogP contribution >= 0.6 is 0 Å². The number of benzene rings is 1. The Bertz CT molecular complexity index is 511. The van der Waals surface area contributed by atoms with E-state index in [0.717, 1.165) is 45.4 Å². The van der Waals surface area contributed by atoms with Crippen molar-refractivity contribution >= 4 is 0 Å². The summed E-state index contributed by atoms with van der Waals surface area (Å²) in [4.78, 5) is 2.41. The zero-order valence-electron chi connectivity index (χ0n) is 12.2. The Balaban J connectivity index is 2.04. The van der Waals surface area contributed by atoms with Gasteiger partial charge in [0.25, 0.3) is 0 Å². The van der Waals surface area contributed by atoms with E-state index < -0.39 is 5.54 Å². The minimum Gasteiger partial charge on any atom is -0.315 e. The van der Waals surface area contributed by atoms with Gasteiger partial charge in [-0.05, 0) is 42.9 Å². The molecule has 20 heavy (non-hydrogen) atoms. The normalized spacial score (nSPS) is 31.1. The van der Waals surface area contributed by atoms with Gasteiger partial charge in [-0.3, -0.25) is 4.90 Å². The fourth-order valence-corrected chi connectivity index (χ4v) is 3.76. The van der Waals surface area contributed by atoms with E-state index in [-0.39, 0.29) is 0 Å². The van der Waals surface area contributed by atoms with E-state index in [1.165, 1.54) is 11.1 Å². The van der Waals surface area contributed by atoms with E-state index in [0.29, 0.717) is 5.92 Å². The van der Waals surface area contributed by atoms with Crippen LogP contribution in [0.2, 0.25) is 0 Å². The van der Waals surface area contributed by atoms with Crippen LogP contribution in [0.5, 0.6) is 0 Å². The van der Waals surface area contributed by atoms with Crippen molar-refractivity contribution in [1.82, 2.24) is 10.2 Å². The fraction of sp³-hybridized carbons (Fsp3) is 0.588. The van der Waals surface area contributed by atoms with Crippen LogP contribution in [0.25, 0.3) is 0 Å². The largest absolute Gasteiger partial charge is 0.315 e. The van der Waals surface area contributed by atoms with Gasteiger partial charge in [0.2, 0.25) is 0 Å². The number of rotatable bonds is 1. The van der Waals surface area contributed by atoms with Crippen LogP contribution in [-0.2, 0) is 5.54 Å². The van der Waals surface area contributed by atoms with Gasteiger partial charge < -0.3 is 5.32 Å². The highest BCUT2D eigenvalue weighted by atomic mass is 15.2. The van der Waals surface area contributed by atoms with E-state index in [2.05, 4.69) is 47.5 Å². The van der Waals surface area contributed by atoms with Gasteiger partial charge in [0.05, 0.1) is 6.07 Å². The molecular formula is C17H23N3. The maximum Gasteiger partial charge on any atom is 0.135 e. The highest BCUT2D eigenvalue weighted by molar-refractivity contribution is 5.43. The average molecular weight is 269 g/mol. The van der Waals surface area contributed by atoms with Crippen LogP contribution in [0.3, 0.4) is 0 Å². The zero-order chi connectivity index (χ0) is 14.0. The van der Waals surface area contributed by atoms with Crippen LogP contribution in [0.1, 0.15) is 43.2 Å².